The summed E-state index contributed by atoms with van der Waals surface area (Å²) in [6.45, 7) is 0. The molecule has 1 aliphatic rings. The Morgan fingerprint density at radius 2 is 2.15 bits per heavy atom. The van der Waals surface area contributed by atoms with E-state index in [4.69, 9.17) is 12.2 Å². The third-order valence-electron chi connectivity index (χ3n) is 3.90. The Bertz CT molecular complexity index is 1130. The van der Waals surface area contributed by atoms with Gasteiger partial charge in [-0.1, -0.05) is 36.1 Å². The maximum Gasteiger partial charge on any atom is 0.263 e. The van der Waals surface area contributed by atoms with Crippen molar-refractivity contribution in [3.63, 3.8) is 0 Å². The van der Waals surface area contributed by atoms with Crippen LogP contribution in [0.5, 0.6) is 0 Å². The molecule has 2 aromatic heterocycles. The van der Waals surface area contributed by atoms with Gasteiger partial charge in [0.05, 0.1) is 16.0 Å². The van der Waals surface area contributed by atoms with Crippen LogP contribution in [0.15, 0.2) is 53.8 Å². The summed E-state index contributed by atoms with van der Waals surface area (Å²) in [7, 11) is 0. The average Bonchev–Trinajstić information content (AvgIpc) is 2.98. The number of hydrogen-bond acceptors (Lipinski definition) is 6. The van der Waals surface area contributed by atoms with Gasteiger partial charge in [0.1, 0.15) is 10.4 Å². The zero-order valence-electron chi connectivity index (χ0n) is 13.3. The van der Waals surface area contributed by atoms with Gasteiger partial charge in [-0.05, 0) is 29.8 Å². The number of benzene rings is 1. The first-order valence-corrected chi connectivity index (χ1v) is 8.86. The summed E-state index contributed by atoms with van der Waals surface area (Å²) in [4.78, 5) is 21.0. The van der Waals surface area contributed by atoms with Crippen LogP contribution in [0.4, 0.5) is 0 Å². The number of fused-ring (bicyclic) bond motifs is 1. The van der Waals surface area contributed by atoms with E-state index in [1.54, 1.807) is 24.7 Å². The van der Waals surface area contributed by atoms with Crippen LogP contribution in [-0.2, 0) is 4.79 Å². The zero-order chi connectivity index (χ0) is 18.1. The number of thioether (sulfide) groups is 1. The summed E-state index contributed by atoms with van der Waals surface area (Å²) in [6.07, 6.45) is 6.76. The van der Waals surface area contributed by atoms with Gasteiger partial charge in [0, 0.05) is 35.1 Å². The Hall–Kier alpha value is -3.08. The van der Waals surface area contributed by atoms with Crippen LogP contribution in [-0.4, -0.2) is 20.2 Å². The van der Waals surface area contributed by atoms with Crippen molar-refractivity contribution in [3.8, 4) is 17.2 Å². The average molecular weight is 374 g/mol. The summed E-state index contributed by atoms with van der Waals surface area (Å²) < 4.78 is 0.450. The van der Waals surface area contributed by atoms with Crippen molar-refractivity contribution in [2.75, 3.05) is 0 Å². The smallest absolute Gasteiger partial charge is 0.263 e. The maximum atomic E-state index is 11.9. The first-order valence-electron chi connectivity index (χ1n) is 7.64. The molecule has 1 aliphatic heterocycles. The van der Waals surface area contributed by atoms with E-state index in [1.165, 1.54) is 11.8 Å². The van der Waals surface area contributed by atoms with Crippen LogP contribution >= 0.6 is 24.0 Å². The van der Waals surface area contributed by atoms with E-state index < -0.39 is 0 Å². The highest BCUT2D eigenvalue weighted by atomic mass is 32.2. The second-order valence-electron chi connectivity index (χ2n) is 5.53. The molecular weight excluding hydrogens is 364 g/mol. The number of hydrogen-bond donors (Lipinski definition) is 1. The predicted octanol–water partition coefficient (Wildman–Crippen LogP) is 3.66. The Morgan fingerprint density at radius 1 is 1.27 bits per heavy atom. The molecule has 0 saturated carbocycles. The molecule has 0 atom stereocenters. The Kier molecular flexibility index (Phi) is 4.21. The van der Waals surface area contributed by atoms with E-state index in [1.807, 2.05) is 30.3 Å². The first kappa shape index (κ1) is 16.4. The molecule has 7 heteroatoms. The highest BCUT2D eigenvalue weighted by Crippen LogP contribution is 2.32. The van der Waals surface area contributed by atoms with Gasteiger partial charge < -0.3 is 5.32 Å². The maximum absolute atomic E-state index is 11.9. The van der Waals surface area contributed by atoms with Crippen molar-refractivity contribution >= 4 is 51.2 Å². The fourth-order valence-electron chi connectivity index (χ4n) is 2.78. The lowest BCUT2D eigenvalue weighted by Crippen LogP contribution is -2.17. The van der Waals surface area contributed by atoms with Crippen molar-refractivity contribution in [1.82, 2.24) is 15.3 Å². The molecule has 0 bridgehead atoms. The second-order valence-corrected chi connectivity index (χ2v) is 7.25. The normalized spacial score (nSPS) is 15.3. The van der Waals surface area contributed by atoms with Gasteiger partial charge in [-0.2, -0.15) is 5.26 Å². The lowest BCUT2D eigenvalue weighted by Gasteiger charge is -2.09. The fourth-order valence-corrected chi connectivity index (χ4v) is 3.82. The number of rotatable bonds is 2. The lowest BCUT2D eigenvalue weighted by molar-refractivity contribution is -0.115. The molecule has 4 rings (SSSR count). The standard InChI is InChI=1S/C19H10N4OS2/c20-8-13-10-22-15-4-3-11(7-16-18(24)23-19(25)26-16)6-14(15)17(13)12-2-1-5-21-9-12/h1-7,9-10H,(H,23,24,25)/b16-7-. The summed E-state index contributed by atoms with van der Waals surface area (Å²) in [5, 5.41) is 12.9. The molecule has 0 aliphatic carbocycles. The van der Waals surface area contributed by atoms with Crippen LogP contribution in [0.2, 0.25) is 0 Å². The number of thiocarbonyl (C=S) groups is 1. The molecule has 5 nitrogen and oxygen atoms in total. The lowest BCUT2D eigenvalue weighted by atomic mass is 9.97. The SMILES string of the molecule is N#Cc1cnc2ccc(/C=C3\SC(=S)NC3=O)cc2c1-c1cccnc1. The van der Waals surface area contributed by atoms with E-state index in [2.05, 4.69) is 21.4 Å². The number of nitriles is 1. The molecule has 1 N–H and O–H groups in total. The van der Waals surface area contributed by atoms with Crippen molar-refractivity contribution in [2.45, 2.75) is 0 Å². The van der Waals surface area contributed by atoms with E-state index in [0.717, 1.165) is 27.6 Å². The van der Waals surface area contributed by atoms with Crippen molar-refractivity contribution in [3.05, 3.63) is 65.0 Å². The van der Waals surface area contributed by atoms with Crippen LogP contribution in [0.1, 0.15) is 11.1 Å². The van der Waals surface area contributed by atoms with Gasteiger partial charge in [-0.15, -0.1) is 0 Å². The van der Waals surface area contributed by atoms with Crippen molar-refractivity contribution in [1.29, 1.82) is 5.26 Å². The van der Waals surface area contributed by atoms with Gasteiger partial charge in [-0.25, -0.2) is 0 Å². The number of pyridine rings is 2. The largest absolute Gasteiger partial charge is 0.307 e. The summed E-state index contributed by atoms with van der Waals surface area (Å²) in [6, 6.07) is 11.6. The number of aromatic nitrogens is 2. The minimum Gasteiger partial charge on any atom is -0.307 e. The highest BCUT2D eigenvalue weighted by molar-refractivity contribution is 8.26. The van der Waals surface area contributed by atoms with Crippen LogP contribution in [0, 0.1) is 11.3 Å². The van der Waals surface area contributed by atoms with Gasteiger partial charge in [0.15, 0.2) is 0 Å². The molecule has 1 amide bonds. The third kappa shape index (κ3) is 2.96. The summed E-state index contributed by atoms with van der Waals surface area (Å²) in [5.74, 6) is -0.198. The minimum atomic E-state index is -0.198. The van der Waals surface area contributed by atoms with E-state index >= 15 is 0 Å². The second kappa shape index (κ2) is 6.67. The van der Waals surface area contributed by atoms with E-state index in [0.29, 0.717) is 14.8 Å². The molecule has 124 valence electrons. The number of amides is 1. The van der Waals surface area contributed by atoms with Gasteiger partial charge in [0.25, 0.3) is 5.91 Å². The molecule has 1 saturated heterocycles. The molecule has 0 spiro atoms. The van der Waals surface area contributed by atoms with Crippen molar-refractivity contribution in [2.24, 2.45) is 0 Å². The molecule has 3 heterocycles. The molecule has 0 unspecified atom stereocenters. The number of nitrogens with one attached hydrogen (secondary N) is 1. The Morgan fingerprint density at radius 3 is 2.85 bits per heavy atom. The Balaban J connectivity index is 1.93. The molecular formula is C19H10N4OS2. The third-order valence-corrected chi connectivity index (χ3v) is 5.07. The quantitative estimate of drug-likeness (QED) is 0.545. The van der Waals surface area contributed by atoms with Crippen molar-refractivity contribution < 1.29 is 4.79 Å². The molecule has 1 fully saturated rings. The Labute approximate surface area is 158 Å². The highest BCUT2D eigenvalue weighted by Gasteiger charge is 2.22. The number of nitrogens with zero attached hydrogens (tertiary/aromatic N) is 3. The zero-order valence-corrected chi connectivity index (χ0v) is 14.9. The summed E-state index contributed by atoms with van der Waals surface area (Å²) >= 11 is 6.26. The first-order chi connectivity index (χ1) is 12.7. The van der Waals surface area contributed by atoms with E-state index in [9.17, 15) is 10.1 Å². The van der Waals surface area contributed by atoms with Gasteiger partial charge in [0.2, 0.25) is 0 Å². The number of carbonyl (C=O) groups is 1. The van der Waals surface area contributed by atoms with Crippen LogP contribution in [0.25, 0.3) is 28.1 Å². The van der Waals surface area contributed by atoms with Gasteiger partial charge >= 0.3 is 0 Å². The number of carbonyl (C=O) groups excluding carboxylic acids is 1. The molecule has 0 radical (unpaired) electrons. The fraction of sp³-hybridized carbons (Fsp3) is 0. The van der Waals surface area contributed by atoms with Crippen LogP contribution < -0.4 is 5.32 Å². The monoisotopic (exact) mass is 374 g/mol. The summed E-state index contributed by atoms with van der Waals surface area (Å²) in [5.41, 5.74) is 3.70. The predicted molar refractivity (Wildman–Crippen MR) is 106 cm³/mol. The molecule has 1 aromatic carbocycles. The van der Waals surface area contributed by atoms with Gasteiger partial charge in [-0.3, -0.25) is 14.8 Å². The van der Waals surface area contributed by atoms with Crippen LogP contribution in [0.3, 0.4) is 0 Å². The minimum absolute atomic E-state index is 0.198. The molecule has 3 aromatic rings. The van der Waals surface area contributed by atoms with E-state index in [-0.39, 0.29) is 5.91 Å². The topological polar surface area (TPSA) is 78.7 Å². The molecule has 26 heavy (non-hydrogen) atoms.